The molecule has 1 saturated heterocycles. The summed E-state index contributed by atoms with van der Waals surface area (Å²) >= 11 is 0. The van der Waals surface area contributed by atoms with Crippen molar-refractivity contribution in [3.05, 3.63) is 29.8 Å². The molecule has 1 aromatic rings. The molecule has 1 fully saturated rings. The van der Waals surface area contributed by atoms with Gasteiger partial charge in [-0.25, -0.2) is 0 Å². The van der Waals surface area contributed by atoms with Crippen molar-refractivity contribution in [3.8, 4) is 11.8 Å². The van der Waals surface area contributed by atoms with Crippen LogP contribution < -0.4 is 10.1 Å². The van der Waals surface area contributed by atoms with Crippen molar-refractivity contribution in [3.63, 3.8) is 0 Å². The van der Waals surface area contributed by atoms with Crippen molar-refractivity contribution in [2.24, 2.45) is 0 Å². The van der Waals surface area contributed by atoms with Crippen LogP contribution in [0.25, 0.3) is 0 Å². The van der Waals surface area contributed by atoms with Gasteiger partial charge in [-0.05, 0) is 43.7 Å². The first-order valence-corrected chi connectivity index (χ1v) is 7.75. The maximum absolute atomic E-state index is 12.3. The molecule has 1 unspecified atom stereocenters. The summed E-state index contributed by atoms with van der Waals surface area (Å²) in [4.78, 5) is 14.5. The van der Waals surface area contributed by atoms with Crippen LogP contribution in [0.5, 0.6) is 5.75 Å². The molecule has 2 rings (SSSR count). The van der Waals surface area contributed by atoms with E-state index >= 15 is 0 Å². The van der Waals surface area contributed by atoms with Gasteiger partial charge in [-0.1, -0.05) is 0 Å². The topological polar surface area (TPSA) is 74.6 Å². The highest BCUT2D eigenvalue weighted by atomic mass is 16.5. The number of likely N-dealkylation sites (N-methyl/N-ethyl adjacent to an activating group) is 1. The molecule has 1 amide bonds. The molecule has 6 heteroatoms. The first-order chi connectivity index (χ1) is 11.2. The van der Waals surface area contributed by atoms with Gasteiger partial charge in [0.05, 0.1) is 18.2 Å². The summed E-state index contributed by atoms with van der Waals surface area (Å²) in [5, 5.41) is 11.5. The van der Waals surface area contributed by atoms with E-state index in [9.17, 15) is 4.79 Å². The molecule has 23 heavy (non-hydrogen) atoms. The van der Waals surface area contributed by atoms with Crippen LogP contribution in [-0.4, -0.2) is 56.8 Å². The van der Waals surface area contributed by atoms with E-state index in [2.05, 4.69) is 16.3 Å². The maximum atomic E-state index is 12.3. The van der Waals surface area contributed by atoms with E-state index in [0.717, 1.165) is 25.1 Å². The van der Waals surface area contributed by atoms with Gasteiger partial charge in [0.15, 0.2) is 0 Å². The van der Waals surface area contributed by atoms with Crippen molar-refractivity contribution in [2.75, 3.05) is 40.5 Å². The zero-order chi connectivity index (χ0) is 16.7. The molecule has 0 saturated carbocycles. The van der Waals surface area contributed by atoms with Crippen LogP contribution in [0.15, 0.2) is 24.3 Å². The third kappa shape index (κ3) is 3.81. The van der Waals surface area contributed by atoms with Gasteiger partial charge >= 0.3 is 0 Å². The first-order valence-electron chi connectivity index (χ1n) is 7.75. The predicted octanol–water partition coefficient (Wildman–Crippen LogP) is 1.16. The summed E-state index contributed by atoms with van der Waals surface area (Å²) in [5.74, 6) is 0.718. The van der Waals surface area contributed by atoms with Gasteiger partial charge in [-0.2, -0.15) is 5.26 Å². The van der Waals surface area contributed by atoms with Gasteiger partial charge in [-0.3, -0.25) is 9.69 Å². The minimum atomic E-state index is -0.600. The lowest BCUT2D eigenvalue weighted by molar-refractivity contribution is -0.135. The SMILES string of the molecule is CNC(=O)C1(COC)CCCN1CCOc1ccc(C#N)cc1. The minimum Gasteiger partial charge on any atom is -0.492 e. The fourth-order valence-corrected chi connectivity index (χ4v) is 3.12. The molecular formula is C17H23N3O3. The number of ether oxygens (including phenoxy) is 2. The van der Waals surface area contributed by atoms with Gasteiger partial charge < -0.3 is 14.8 Å². The van der Waals surface area contributed by atoms with Gasteiger partial charge in [0.1, 0.15) is 17.9 Å². The highest BCUT2D eigenvalue weighted by Crippen LogP contribution is 2.29. The number of likely N-dealkylation sites (tertiary alicyclic amines) is 1. The van der Waals surface area contributed by atoms with Crippen LogP contribution >= 0.6 is 0 Å². The molecular weight excluding hydrogens is 294 g/mol. The molecule has 0 aliphatic carbocycles. The van der Waals surface area contributed by atoms with E-state index in [1.54, 1.807) is 38.4 Å². The summed E-state index contributed by atoms with van der Waals surface area (Å²) in [6, 6.07) is 9.09. The smallest absolute Gasteiger partial charge is 0.242 e. The molecule has 1 aliphatic heterocycles. The summed E-state index contributed by atoms with van der Waals surface area (Å²) in [6.45, 7) is 2.36. The second kappa shape index (κ2) is 7.95. The average molecular weight is 317 g/mol. The van der Waals surface area contributed by atoms with Crippen molar-refractivity contribution in [2.45, 2.75) is 18.4 Å². The maximum Gasteiger partial charge on any atom is 0.242 e. The summed E-state index contributed by atoms with van der Waals surface area (Å²) < 4.78 is 11.0. The van der Waals surface area contributed by atoms with Crippen LogP contribution in [0.3, 0.4) is 0 Å². The van der Waals surface area contributed by atoms with E-state index in [4.69, 9.17) is 14.7 Å². The van der Waals surface area contributed by atoms with Crippen LogP contribution in [0, 0.1) is 11.3 Å². The fourth-order valence-electron chi connectivity index (χ4n) is 3.12. The number of carbonyl (C=O) groups is 1. The quantitative estimate of drug-likeness (QED) is 0.817. The van der Waals surface area contributed by atoms with Crippen molar-refractivity contribution in [1.29, 1.82) is 5.26 Å². The number of nitrogens with one attached hydrogen (secondary N) is 1. The first kappa shape index (κ1) is 17.3. The van der Waals surface area contributed by atoms with Crippen LogP contribution in [0.4, 0.5) is 0 Å². The Labute approximate surface area is 137 Å². The van der Waals surface area contributed by atoms with E-state index < -0.39 is 5.54 Å². The lowest BCUT2D eigenvalue weighted by Crippen LogP contribution is -2.58. The normalized spacial score (nSPS) is 20.9. The minimum absolute atomic E-state index is 0.00442. The predicted molar refractivity (Wildman–Crippen MR) is 86.1 cm³/mol. The highest BCUT2D eigenvalue weighted by Gasteiger charge is 2.46. The molecule has 1 atom stereocenters. The zero-order valence-electron chi connectivity index (χ0n) is 13.7. The van der Waals surface area contributed by atoms with Gasteiger partial charge in [0.25, 0.3) is 0 Å². The van der Waals surface area contributed by atoms with Crippen LogP contribution in [0.1, 0.15) is 18.4 Å². The second-order valence-electron chi connectivity index (χ2n) is 5.62. The number of amides is 1. The Morgan fingerprint density at radius 3 is 2.78 bits per heavy atom. The van der Waals surface area contributed by atoms with Crippen molar-refractivity contribution in [1.82, 2.24) is 10.2 Å². The van der Waals surface area contributed by atoms with Crippen LogP contribution in [-0.2, 0) is 9.53 Å². The molecule has 1 aliphatic rings. The van der Waals surface area contributed by atoms with Crippen LogP contribution in [0.2, 0.25) is 0 Å². The Kier molecular flexibility index (Phi) is 5.97. The third-order valence-corrected chi connectivity index (χ3v) is 4.27. The molecule has 0 aromatic heterocycles. The van der Waals surface area contributed by atoms with Gasteiger partial charge in [0.2, 0.25) is 5.91 Å². The molecule has 124 valence electrons. The van der Waals surface area contributed by atoms with E-state index in [-0.39, 0.29) is 5.91 Å². The Balaban J connectivity index is 1.95. The lowest BCUT2D eigenvalue weighted by Gasteiger charge is -2.36. The van der Waals surface area contributed by atoms with Crippen molar-refractivity contribution < 1.29 is 14.3 Å². The van der Waals surface area contributed by atoms with E-state index in [1.165, 1.54) is 0 Å². The summed E-state index contributed by atoms with van der Waals surface area (Å²) in [7, 11) is 3.28. The Hall–Kier alpha value is -2.10. The molecule has 1 heterocycles. The molecule has 0 bridgehead atoms. The molecule has 1 N–H and O–H groups in total. The number of carbonyl (C=O) groups excluding carboxylic acids is 1. The average Bonchev–Trinajstić information content (AvgIpc) is 2.99. The standard InChI is InChI=1S/C17H23N3O3/c1-19-16(21)17(13-22-2)8-3-9-20(17)10-11-23-15-6-4-14(12-18)5-7-15/h4-7H,3,8-11,13H2,1-2H3,(H,19,21). The third-order valence-electron chi connectivity index (χ3n) is 4.27. The number of nitrogens with zero attached hydrogens (tertiary/aromatic N) is 2. The molecule has 0 spiro atoms. The Morgan fingerprint density at radius 1 is 1.43 bits per heavy atom. The number of methoxy groups -OCH3 is 1. The van der Waals surface area contributed by atoms with E-state index in [0.29, 0.717) is 25.3 Å². The number of rotatable bonds is 7. The number of benzene rings is 1. The summed E-state index contributed by atoms with van der Waals surface area (Å²) in [5.41, 5.74) is 0.00738. The van der Waals surface area contributed by atoms with Gasteiger partial charge in [0, 0.05) is 20.7 Å². The lowest BCUT2D eigenvalue weighted by atomic mass is 9.96. The fraction of sp³-hybridized carbons (Fsp3) is 0.529. The molecule has 0 radical (unpaired) electrons. The Morgan fingerprint density at radius 2 is 2.17 bits per heavy atom. The molecule has 6 nitrogen and oxygen atoms in total. The van der Waals surface area contributed by atoms with Gasteiger partial charge in [-0.15, -0.1) is 0 Å². The number of nitriles is 1. The number of hydrogen-bond acceptors (Lipinski definition) is 5. The van der Waals surface area contributed by atoms with Crippen molar-refractivity contribution >= 4 is 5.91 Å². The second-order valence-corrected chi connectivity index (χ2v) is 5.62. The monoisotopic (exact) mass is 317 g/mol. The largest absolute Gasteiger partial charge is 0.492 e. The highest BCUT2D eigenvalue weighted by molar-refractivity contribution is 5.86. The number of hydrogen-bond donors (Lipinski definition) is 1. The molecule has 1 aromatic carbocycles. The zero-order valence-corrected chi connectivity index (χ0v) is 13.7. The van der Waals surface area contributed by atoms with E-state index in [1.807, 2.05) is 0 Å². The summed E-state index contributed by atoms with van der Waals surface area (Å²) in [6.07, 6.45) is 1.75. The Bertz CT molecular complexity index is 567.